The molecule has 1 aliphatic rings. The highest BCUT2D eigenvalue weighted by atomic mass is 16.5. The number of likely N-dealkylation sites (N-methyl/N-ethyl adjacent to an activating group) is 1. The molecule has 2 rings (SSSR count). The van der Waals surface area contributed by atoms with Crippen molar-refractivity contribution in [1.29, 1.82) is 0 Å². The minimum Gasteiger partial charge on any atom is -0.497 e. The highest BCUT2D eigenvalue weighted by Gasteiger charge is 2.25. The standard InChI is InChI=1S/C15H24N4O2/c1-18(2)11-6-7-19(9-11)10-15(20)17-14-5-4-12(21-3)8-13(14)16/h4-5,8,11H,6-7,9-10,16H2,1-3H3,(H,17,20). The summed E-state index contributed by atoms with van der Waals surface area (Å²) in [5.74, 6) is 0.644. The number of likely N-dealkylation sites (tertiary alicyclic amines) is 1. The van der Waals surface area contributed by atoms with Gasteiger partial charge in [-0.05, 0) is 32.6 Å². The molecule has 21 heavy (non-hydrogen) atoms. The highest BCUT2D eigenvalue weighted by Crippen LogP contribution is 2.24. The number of hydrogen-bond acceptors (Lipinski definition) is 5. The molecule has 116 valence electrons. The minimum absolute atomic E-state index is 0.0359. The summed E-state index contributed by atoms with van der Waals surface area (Å²) in [6.07, 6.45) is 1.10. The molecule has 0 radical (unpaired) electrons. The van der Waals surface area contributed by atoms with Crippen molar-refractivity contribution in [1.82, 2.24) is 9.80 Å². The van der Waals surface area contributed by atoms with E-state index in [2.05, 4.69) is 29.2 Å². The number of carbonyl (C=O) groups excluding carboxylic acids is 1. The molecule has 3 N–H and O–H groups in total. The lowest BCUT2D eigenvalue weighted by atomic mass is 10.2. The summed E-state index contributed by atoms with van der Waals surface area (Å²) in [6, 6.07) is 5.78. The van der Waals surface area contributed by atoms with Crippen LogP contribution in [0.25, 0.3) is 0 Å². The second-order valence-electron chi connectivity index (χ2n) is 5.64. The van der Waals surface area contributed by atoms with Crippen LogP contribution in [-0.2, 0) is 4.79 Å². The maximum absolute atomic E-state index is 12.1. The molecular formula is C15H24N4O2. The number of benzene rings is 1. The third-order valence-corrected chi connectivity index (χ3v) is 3.88. The fourth-order valence-corrected chi connectivity index (χ4v) is 2.55. The van der Waals surface area contributed by atoms with Crippen molar-refractivity contribution in [2.75, 3.05) is 51.9 Å². The van der Waals surface area contributed by atoms with Crippen LogP contribution in [0.1, 0.15) is 6.42 Å². The van der Waals surface area contributed by atoms with E-state index in [0.717, 1.165) is 19.5 Å². The minimum atomic E-state index is -0.0359. The number of hydrogen-bond donors (Lipinski definition) is 2. The van der Waals surface area contributed by atoms with Gasteiger partial charge in [-0.15, -0.1) is 0 Å². The summed E-state index contributed by atoms with van der Waals surface area (Å²) in [5, 5.41) is 2.86. The van der Waals surface area contributed by atoms with Crippen LogP contribution in [-0.4, -0.2) is 62.6 Å². The Hall–Kier alpha value is -1.79. The number of nitrogens with two attached hydrogens (primary N) is 1. The van der Waals surface area contributed by atoms with Gasteiger partial charge in [0.05, 0.1) is 25.0 Å². The number of nitrogens with one attached hydrogen (secondary N) is 1. The predicted octanol–water partition coefficient (Wildman–Crippen LogP) is 0.852. The lowest BCUT2D eigenvalue weighted by molar-refractivity contribution is -0.117. The Kier molecular flexibility index (Phi) is 5.03. The van der Waals surface area contributed by atoms with Crippen LogP contribution in [0.15, 0.2) is 18.2 Å². The molecular weight excluding hydrogens is 268 g/mol. The molecule has 0 saturated carbocycles. The molecule has 1 saturated heterocycles. The second kappa shape index (κ2) is 6.78. The molecule has 0 spiro atoms. The van der Waals surface area contributed by atoms with Gasteiger partial charge in [0, 0.05) is 25.2 Å². The van der Waals surface area contributed by atoms with Crippen LogP contribution < -0.4 is 15.8 Å². The van der Waals surface area contributed by atoms with Crippen molar-refractivity contribution in [3.05, 3.63) is 18.2 Å². The van der Waals surface area contributed by atoms with Gasteiger partial charge in [0.1, 0.15) is 5.75 Å². The molecule has 6 heteroatoms. The predicted molar refractivity (Wildman–Crippen MR) is 84.6 cm³/mol. The summed E-state index contributed by atoms with van der Waals surface area (Å²) >= 11 is 0. The average molecular weight is 292 g/mol. The molecule has 1 aromatic carbocycles. The molecule has 1 aliphatic heterocycles. The van der Waals surface area contributed by atoms with E-state index in [4.69, 9.17) is 10.5 Å². The van der Waals surface area contributed by atoms with Crippen LogP contribution in [0.3, 0.4) is 0 Å². The van der Waals surface area contributed by atoms with Crippen molar-refractivity contribution in [2.45, 2.75) is 12.5 Å². The van der Waals surface area contributed by atoms with E-state index in [1.807, 2.05) is 0 Å². The third-order valence-electron chi connectivity index (χ3n) is 3.88. The number of amides is 1. The zero-order valence-corrected chi connectivity index (χ0v) is 12.9. The molecule has 6 nitrogen and oxygen atoms in total. The number of nitrogens with zero attached hydrogens (tertiary/aromatic N) is 2. The van der Waals surface area contributed by atoms with Gasteiger partial charge in [0.15, 0.2) is 0 Å². The molecule has 1 unspecified atom stereocenters. The Morgan fingerprint density at radius 2 is 2.29 bits per heavy atom. The molecule has 0 aliphatic carbocycles. The maximum Gasteiger partial charge on any atom is 0.238 e. The highest BCUT2D eigenvalue weighted by molar-refractivity contribution is 5.95. The van der Waals surface area contributed by atoms with Crippen LogP contribution in [0.5, 0.6) is 5.75 Å². The largest absolute Gasteiger partial charge is 0.497 e. The zero-order valence-electron chi connectivity index (χ0n) is 12.9. The Morgan fingerprint density at radius 1 is 1.52 bits per heavy atom. The summed E-state index contributed by atoms with van der Waals surface area (Å²) in [5.41, 5.74) is 7.04. The van der Waals surface area contributed by atoms with Crippen molar-refractivity contribution in [3.63, 3.8) is 0 Å². The SMILES string of the molecule is COc1ccc(NC(=O)CN2CCC(N(C)C)C2)c(N)c1. The Balaban J connectivity index is 1.88. The normalized spacial score (nSPS) is 19.0. The lowest BCUT2D eigenvalue weighted by Gasteiger charge is -2.20. The molecule has 1 fully saturated rings. The number of rotatable bonds is 5. The monoisotopic (exact) mass is 292 g/mol. The van der Waals surface area contributed by atoms with Gasteiger partial charge >= 0.3 is 0 Å². The average Bonchev–Trinajstić information content (AvgIpc) is 2.89. The lowest BCUT2D eigenvalue weighted by Crippen LogP contribution is -2.35. The van der Waals surface area contributed by atoms with E-state index in [9.17, 15) is 4.79 Å². The second-order valence-corrected chi connectivity index (χ2v) is 5.64. The van der Waals surface area contributed by atoms with Crippen LogP contribution >= 0.6 is 0 Å². The molecule has 0 aromatic heterocycles. The van der Waals surface area contributed by atoms with E-state index in [-0.39, 0.29) is 5.91 Å². The van der Waals surface area contributed by atoms with E-state index in [1.165, 1.54) is 0 Å². The van der Waals surface area contributed by atoms with E-state index in [1.54, 1.807) is 25.3 Å². The first-order valence-corrected chi connectivity index (χ1v) is 7.11. The maximum atomic E-state index is 12.1. The first-order valence-electron chi connectivity index (χ1n) is 7.11. The van der Waals surface area contributed by atoms with Gasteiger partial charge in [-0.25, -0.2) is 0 Å². The number of methoxy groups -OCH3 is 1. The molecule has 1 atom stereocenters. The van der Waals surface area contributed by atoms with E-state index in [0.29, 0.717) is 29.7 Å². The van der Waals surface area contributed by atoms with Gasteiger partial charge < -0.3 is 20.7 Å². The van der Waals surface area contributed by atoms with Gasteiger partial charge in [-0.3, -0.25) is 9.69 Å². The van der Waals surface area contributed by atoms with Crippen molar-refractivity contribution < 1.29 is 9.53 Å². The van der Waals surface area contributed by atoms with Gasteiger partial charge in [-0.2, -0.15) is 0 Å². The molecule has 0 bridgehead atoms. The van der Waals surface area contributed by atoms with Crippen LogP contribution in [0, 0.1) is 0 Å². The van der Waals surface area contributed by atoms with Gasteiger partial charge in [-0.1, -0.05) is 0 Å². The molecule has 1 amide bonds. The summed E-state index contributed by atoms with van der Waals surface area (Å²) < 4.78 is 5.09. The summed E-state index contributed by atoms with van der Waals surface area (Å²) in [4.78, 5) is 16.5. The Labute approximate surface area is 125 Å². The smallest absolute Gasteiger partial charge is 0.238 e. The number of carbonyl (C=O) groups is 1. The summed E-state index contributed by atoms with van der Waals surface area (Å²) in [7, 11) is 5.74. The van der Waals surface area contributed by atoms with Crippen molar-refractivity contribution >= 4 is 17.3 Å². The van der Waals surface area contributed by atoms with Gasteiger partial charge in [0.25, 0.3) is 0 Å². The van der Waals surface area contributed by atoms with Crippen LogP contribution in [0.4, 0.5) is 11.4 Å². The first kappa shape index (κ1) is 15.6. The van der Waals surface area contributed by atoms with Crippen molar-refractivity contribution in [2.24, 2.45) is 0 Å². The number of nitrogen functional groups attached to an aromatic ring is 1. The molecule has 1 heterocycles. The molecule has 1 aromatic rings. The topological polar surface area (TPSA) is 70.8 Å². The summed E-state index contributed by atoms with van der Waals surface area (Å²) in [6.45, 7) is 2.28. The fourth-order valence-electron chi connectivity index (χ4n) is 2.55. The Morgan fingerprint density at radius 3 is 2.86 bits per heavy atom. The van der Waals surface area contributed by atoms with Crippen LogP contribution in [0.2, 0.25) is 0 Å². The number of anilines is 2. The van der Waals surface area contributed by atoms with Gasteiger partial charge in [0.2, 0.25) is 5.91 Å². The van der Waals surface area contributed by atoms with E-state index >= 15 is 0 Å². The number of ether oxygens (including phenoxy) is 1. The Bertz CT molecular complexity index is 504. The quantitative estimate of drug-likeness (QED) is 0.787. The fraction of sp³-hybridized carbons (Fsp3) is 0.533. The zero-order chi connectivity index (χ0) is 15.4. The first-order chi connectivity index (χ1) is 9.99. The third kappa shape index (κ3) is 4.09. The van der Waals surface area contributed by atoms with Crippen molar-refractivity contribution in [3.8, 4) is 5.75 Å². The van der Waals surface area contributed by atoms with E-state index < -0.39 is 0 Å².